The molecule has 0 aliphatic carbocycles. The van der Waals surface area contributed by atoms with Crippen LogP contribution < -0.4 is 10.6 Å². The second kappa shape index (κ2) is 7.79. The van der Waals surface area contributed by atoms with Gasteiger partial charge in [-0.05, 0) is 36.4 Å². The van der Waals surface area contributed by atoms with Crippen molar-refractivity contribution < 1.29 is 9.72 Å². The Morgan fingerprint density at radius 3 is 2.73 bits per heavy atom. The largest absolute Gasteiger partial charge is 0.378 e. The first kappa shape index (κ1) is 17.6. The number of carbonyl (C=O) groups is 1. The van der Waals surface area contributed by atoms with Crippen LogP contribution in [0.1, 0.15) is 10.4 Å². The average Bonchev–Trinajstić information content (AvgIpc) is 2.64. The van der Waals surface area contributed by atoms with E-state index in [1.807, 2.05) is 0 Å². The van der Waals surface area contributed by atoms with E-state index in [0.717, 1.165) is 5.39 Å². The molecule has 7 nitrogen and oxygen atoms in total. The third-order valence-electron chi connectivity index (χ3n) is 3.74. The summed E-state index contributed by atoms with van der Waals surface area (Å²) in [5, 5.41) is 17.9. The molecule has 0 aliphatic rings. The van der Waals surface area contributed by atoms with Crippen molar-refractivity contribution >= 4 is 39.8 Å². The van der Waals surface area contributed by atoms with E-state index < -0.39 is 4.92 Å². The molecule has 132 valence electrons. The van der Waals surface area contributed by atoms with Crippen molar-refractivity contribution in [3.05, 3.63) is 75.4 Å². The molecule has 3 aromatic rings. The molecule has 0 unspecified atom stereocenters. The van der Waals surface area contributed by atoms with Crippen molar-refractivity contribution in [2.75, 3.05) is 18.4 Å². The molecule has 2 N–H and O–H groups in total. The molecule has 8 heteroatoms. The van der Waals surface area contributed by atoms with Gasteiger partial charge >= 0.3 is 0 Å². The predicted octanol–water partition coefficient (Wildman–Crippen LogP) is 3.64. The molecule has 26 heavy (non-hydrogen) atoms. The fraction of sp³-hybridized carbons (Fsp3) is 0.111. The highest BCUT2D eigenvalue weighted by Crippen LogP contribution is 2.22. The maximum absolute atomic E-state index is 12.2. The first-order chi connectivity index (χ1) is 12.5. The van der Waals surface area contributed by atoms with Gasteiger partial charge in [-0.2, -0.15) is 0 Å². The summed E-state index contributed by atoms with van der Waals surface area (Å²) in [6.07, 6.45) is 0. The quantitative estimate of drug-likeness (QED) is 0.299. The Bertz CT molecular complexity index is 978. The molecule has 0 radical (unpaired) electrons. The first-order valence-corrected chi connectivity index (χ1v) is 8.24. The number of hydrogen-bond donors (Lipinski definition) is 2. The molecule has 0 fully saturated rings. The standard InChI is InChI=1S/C18H15ClN4O3/c19-17-8-6-12-11-13(5-7-14(12)22-17)18(24)21-10-9-20-15-3-1-2-4-16(15)23(25)26/h1-8,11,20H,9-10H2,(H,21,24). The maximum atomic E-state index is 12.2. The number of rotatable bonds is 6. The summed E-state index contributed by atoms with van der Waals surface area (Å²) in [6, 6.07) is 15.0. The first-order valence-electron chi connectivity index (χ1n) is 7.86. The molecular weight excluding hydrogens is 356 g/mol. The lowest BCUT2D eigenvalue weighted by Gasteiger charge is -2.09. The number of anilines is 1. The van der Waals surface area contributed by atoms with Crippen LogP contribution in [0.5, 0.6) is 0 Å². The number of nitrogens with zero attached hydrogens (tertiary/aromatic N) is 2. The molecule has 0 bridgehead atoms. The summed E-state index contributed by atoms with van der Waals surface area (Å²) >= 11 is 5.85. The Morgan fingerprint density at radius 2 is 1.92 bits per heavy atom. The van der Waals surface area contributed by atoms with Gasteiger partial charge in [0.05, 0.1) is 10.4 Å². The fourth-order valence-electron chi connectivity index (χ4n) is 2.50. The number of nitro benzene ring substituents is 1. The second-order valence-corrected chi connectivity index (χ2v) is 5.89. The summed E-state index contributed by atoms with van der Waals surface area (Å²) in [4.78, 5) is 26.9. The van der Waals surface area contributed by atoms with Crippen LogP contribution in [0.4, 0.5) is 11.4 Å². The number of nitro groups is 1. The molecule has 2 aromatic carbocycles. The highest BCUT2D eigenvalue weighted by atomic mass is 35.5. The average molecular weight is 371 g/mol. The highest BCUT2D eigenvalue weighted by molar-refractivity contribution is 6.29. The summed E-state index contributed by atoms with van der Waals surface area (Å²) < 4.78 is 0. The summed E-state index contributed by atoms with van der Waals surface area (Å²) in [5.41, 5.74) is 1.64. The zero-order valence-electron chi connectivity index (χ0n) is 13.6. The van der Waals surface area contributed by atoms with Gasteiger partial charge < -0.3 is 10.6 Å². The number of para-hydroxylation sites is 2. The van der Waals surface area contributed by atoms with Crippen molar-refractivity contribution in [1.82, 2.24) is 10.3 Å². The smallest absolute Gasteiger partial charge is 0.292 e. The molecule has 0 saturated heterocycles. The number of fused-ring (bicyclic) bond motifs is 1. The lowest BCUT2D eigenvalue weighted by molar-refractivity contribution is -0.384. The zero-order chi connectivity index (χ0) is 18.5. The van der Waals surface area contributed by atoms with E-state index in [9.17, 15) is 14.9 Å². The lowest BCUT2D eigenvalue weighted by atomic mass is 10.1. The third kappa shape index (κ3) is 4.07. The van der Waals surface area contributed by atoms with Gasteiger partial charge in [-0.3, -0.25) is 14.9 Å². The van der Waals surface area contributed by atoms with Crippen molar-refractivity contribution in [1.29, 1.82) is 0 Å². The van der Waals surface area contributed by atoms with E-state index in [1.165, 1.54) is 6.07 Å². The topological polar surface area (TPSA) is 97.2 Å². The Hall–Kier alpha value is -3.19. The number of amides is 1. The van der Waals surface area contributed by atoms with Crippen LogP contribution in [0.15, 0.2) is 54.6 Å². The number of hydrogen-bond acceptors (Lipinski definition) is 5. The van der Waals surface area contributed by atoms with Crippen molar-refractivity contribution in [2.45, 2.75) is 0 Å². The van der Waals surface area contributed by atoms with Gasteiger partial charge in [0.15, 0.2) is 0 Å². The molecule has 1 amide bonds. The number of benzene rings is 2. The van der Waals surface area contributed by atoms with Crippen LogP contribution in [0.3, 0.4) is 0 Å². The highest BCUT2D eigenvalue weighted by Gasteiger charge is 2.12. The predicted molar refractivity (Wildman–Crippen MR) is 101 cm³/mol. The van der Waals surface area contributed by atoms with Gasteiger partial charge in [0.25, 0.3) is 11.6 Å². The molecule has 3 rings (SSSR count). The number of halogens is 1. The van der Waals surface area contributed by atoms with Crippen LogP contribution in [0.25, 0.3) is 10.9 Å². The second-order valence-electron chi connectivity index (χ2n) is 5.50. The Labute approximate surface area is 154 Å². The molecule has 0 aliphatic heterocycles. The SMILES string of the molecule is O=C(NCCNc1ccccc1[N+](=O)[O-])c1ccc2nc(Cl)ccc2c1. The van der Waals surface area contributed by atoms with Gasteiger partial charge in [0, 0.05) is 30.1 Å². The molecule has 0 atom stereocenters. The van der Waals surface area contributed by atoms with Crippen molar-refractivity contribution in [2.24, 2.45) is 0 Å². The Balaban J connectivity index is 1.58. The molecule has 1 heterocycles. The summed E-state index contributed by atoms with van der Waals surface area (Å²) in [6.45, 7) is 0.684. The van der Waals surface area contributed by atoms with Crippen LogP contribution in [0, 0.1) is 10.1 Å². The molecule has 1 aromatic heterocycles. The number of nitrogens with one attached hydrogen (secondary N) is 2. The van der Waals surface area contributed by atoms with Crippen LogP contribution >= 0.6 is 11.6 Å². The van der Waals surface area contributed by atoms with Gasteiger partial charge in [-0.1, -0.05) is 23.7 Å². The fourth-order valence-corrected chi connectivity index (χ4v) is 2.65. The van der Waals surface area contributed by atoms with Gasteiger partial charge in [0.1, 0.15) is 10.8 Å². The summed E-state index contributed by atoms with van der Waals surface area (Å²) in [5.74, 6) is -0.230. The molecule has 0 saturated carbocycles. The van der Waals surface area contributed by atoms with E-state index in [4.69, 9.17) is 11.6 Å². The Kier molecular flexibility index (Phi) is 5.28. The van der Waals surface area contributed by atoms with E-state index in [1.54, 1.807) is 48.5 Å². The molecule has 0 spiro atoms. The van der Waals surface area contributed by atoms with E-state index in [2.05, 4.69) is 15.6 Å². The van der Waals surface area contributed by atoms with Crippen LogP contribution in [-0.2, 0) is 0 Å². The lowest BCUT2D eigenvalue weighted by Crippen LogP contribution is -2.28. The van der Waals surface area contributed by atoms with Gasteiger partial charge in [0.2, 0.25) is 0 Å². The van der Waals surface area contributed by atoms with Gasteiger partial charge in [-0.25, -0.2) is 4.98 Å². The van der Waals surface area contributed by atoms with E-state index >= 15 is 0 Å². The number of pyridine rings is 1. The minimum atomic E-state index is -0.448. The van der Waals surface area contributed by atoms with E-state index in [0.29, 0.717) is 35.0 Å². The van der Waals surface area contributed by atoms with E-state index in [-0.39, 0.29) is 11.6 Å². The van der Waals surface area contributed by atoms with Crippen LogP contribution in [0.2, 0.25) is 5.15 Å². The minimum Gasteiger partial charge on any atom is -0.378 e. The molecular formula is C18H15ClN4O3. The monoisotopic (exact) mass is 370 g/mol. The summed E-state index contributed by atoms with van der Waals surface area (Å²) in [7, 11) is 0. The third-order valence-corrected chi connectivity index (χ3v) is 3.95. The maximum Gasteiger partial charge on any atom is 0.292 e. The van der Waals surface area contributed by atoms with Crippen LogP contribution in [-0.4, -0.2) is 28.9 Å². The normalized spacial score (nSPS) is 10.5. The van der Waals surface area contributed by atoms with Crippen molar-refractivity contribution in [3.8, 4) is 0 Å². The zero-order valence-corrected chi connectivity index (χ0v) is 14.4. The van der Waals surface area contributed by atoms with Crippen molar-refractivity contribution in [3.63, 3.8) is 0 Å². The van der Waals surface area contributed by atoms with Gasteiger partial charge in [-0.15, -0.1) is 0 Å². The number of carbonyl (C=O) groups excluding carboxylic acids is 1. The number of aromatic nitrogens is 1. The minimum absolute atomic E-state index is 0.000448. The Morgan fingerprint density at radius 1 is 1.12 bits per heavy atom.